The molecule has 0 bridgehead atoms. The van der Waals surface area contributed by atoms with Crippen molar-refractivity contribution < 1.29 is 17.9 Å². The highest BCUT2D eigenvalue weighted by Crippen LogP contribution is 2.31. The van der Waals surface area contributed by atoms with Gasteiger partial charge in [-0.3, -0.25) is 0 Å². The molecule has 0 saturated heterocycles. The number of ether oxygens (including phenoxy) is 1. The van der Waals surface area contributed by atoms with Crippen LogP contribution in [0.4, 0.5) is 24.9 Å². The zero-order valence-corrected chi connectivity index (χ0v) is 22.0. The van der Waals surface area contributed by atoms with Gasteiger partial charge >= 0.3 is 6.36 Å². The highest BCUT2D eigenvalue weighted by Gasteiger charge is 2.32. The molecular formula is C26H31BrF3N5O. The lowest BCUT2D eigenvalue weighted by Crippen LogP contribution is -2.29. The zero-order valence-electron chi connectivity index (χ0n) is 20.4. The molecule has 10 heteroatoms. The molecule has 36 heavy (non-hydrogen) atoms. The molecule has 2 N–H and O–H groups in total. The Morgan fingerprint density at radius 3 is 2.53 bits per heavy atom. The minimum atomic E-state index is -4.71. The fourth-order valence-corrected chi connectivity index (χ4v) is 5.01. The summed E-state index contributed by atoms with van der Waals surface area (Å²) in [6.07, 6.45) is 0.523. The van der Waals surface area contributed by atoms with Crippen LogP contribution in [0.1, 0.15) is 37.7 Å². The molecule has 194 valence electrons. The topological polar surface area (TPSA) is 62.3 Å². The summed E-state index contributed by atoms with van der Waals surface area (Å²) in [4.78, 5) is 11.5. The molecule has 0 spiro atoms. The maximum atomic E-state index is 12.7. The van der Waals surface area contributed by atoms with Crippen LogP contribution in [0.2, 0.25) is 0 Å². The third-order valence-electron chi connectivity index (χ3n) is 6.49. The Morgan fingerprint density at radius 2 is 1.81 bits per heavy atom. The second-order valence-corrected chi connectivity index (χ2v) is 10.3. The summed E-state index contributed by atoms with van der Waals surface area (Å²) in [5.41, 5.74) is 1.41. The van der Waals surface area contributed by atoms with Crippen molar-refractivity contribution in [3.05, 3.63) is 52.5 Å². The van der Waals surface area contributed by atoms with Gasteiger partial charge in [0.2, 0.25) is 5.95 Å². The summed E-state index contributed by atoms with van der Waals surface area (Å²) < 4.78 is 42.8. The summed E-state index contributed by atoms with van der Waals surface area (Å²) in [5.74, 6) is 1.97. The fourth-order valence-electron chi connectivity index (χ4n) is 4.67. The number of nitrogens with one attached hydrogen (secondary N) is 2. The van der Waals surface area contributed by atoms with Crippen LogP contribution in [0.3, 0.4) is 0 Å². The molecular weight excluding hydrogens is 535 g/mol. The number of aromatic nitrogens is 2. The SMILES string of the molecule is CN(C)c1nc(NC2CCC(CCNCc3ccc(Br)cc3OC(F)(F)F)CC2)nc2ccccc12. The lowest BCUT2D eigenvalue weighted by Gasteiger charge is -2.29. The predicted octanol–water partition coefficient (Wildman–Crippen LogP) is 6.51. The molecule has 0 unspecified atom stereocenters. The predicted molar refractivity (Wildman–Crippen MR) is 140 cm³/mol. The van der Waals surface area contributed by atoms with Gasteiger partial charge in [0, 0.05) is 42.1 Å². The lowest BCUT2D eigenvalue weighted by atomic mass is 9.84. The van der Waals surface area contributed by atoms with E-state index in [0.717, 1.165) is 55.4 Å². The zero-order chi connectivity index (χ0) is 25.7. The average Bonchev–Trinajstić information content (AvgIpc) is 2.82. The van der Waals surface area contributed by atoms with Gasteiger partial charge in [0.1, 0.15) is 11.6 Å². The molecule has 1 fully saturated rings. The quantitative estimate of drug-likeness (QED) is 0.288. The molecule has 0 atom stereocenters. The van der Waals surface area contributed by atoms with Crippen LogP contribution in [0.5, 0.6) is 5.75 Å². The van der Waals surface area contributed by atoms with Crippen molar-refractivity contribution in [3.63, 3.8) is 0 Å². The second kappa shape index (κ2) is 11.6. The minimum Gasteiger partial charge on any atom is -0.405 e. The molecule has 6 nitrogen and oxygen atoms in total. The van der Waals surface area contributed by atoms with Crippen LogP contribution in [0.25, 0.3) is 10.9 Å². The average molecular weight is 566 g/mol. The van der Waals surface area contributed by atoms with Gasteiger partial charge in [-0.05, 0) is 68.8 Å². The van der Waals surface area contributed by atoms with Crippen LogP contribution in [0.15, 0.2) is 46.9 Å². The first kappa shape index (κ1) is 26.5. The van der Waals surface area contributed by atoms with Gasteiger partial charge in [-0.1, -0.05) is 34.1 Å². The number of fused-ring (bicyclic) bond motifs is 1. The number of alkyl halides is 3. The highest BCUT2D eigenvalue weighted by molar-refractivity contribution is 9.10. The monoisotopic (exact) mass is 565 g/mol. The van der Waals surface area contributed by atoms with Gasteiger partial charge in [-0.2, -0.15) is 4.98 Å². The summed E-state index contributed by atoms with van der Waals surface area (Å²) in [7, 11) is 3.97. The normalized spacial score (nSPS) is 18.3. The van der Waals surface area contributed by atoms with Crippen molar-refractivity contribution in [2.24, 2.45) is 5.92 Å². The first-order valence-corrected chi connectivity index (χ1v) is 12.9. The van der Waals surface area contributed by atoms with Gasteiger partial charge in [0.15, 0.2) is 0 Å². The molecule has 1 heterocycles. The van der Waals surface area contributed by atoms with E-state index in [0.29, 0.717) is 34.5 Å². The number of halogens is 4. The van der Waals surface area contributed by atoms with E-state index in [1.807, 2.05) is 43.3 Å². The maximum absolute atomic E-state index is 12.7. The Hall–Kier alpha value is -2.59. The number of rotatable bonds is 9. The van der Waals surface area contributed by atoms with Crippen molar-refractivity contribution in [3.8, 4) is 5.75 Å². The third-order valence-corrected chi connectivity index (χ3v) is 6.98. The summed E-state index contributed by atoms with van der Waals surface area (Å²) in [6.45, 7) is 1.06. The van der Waals surface area contributed by atoms with Gasteiger partial charge in [-0.25, -0.2) is 4.98 Å². The van der Waals surface area contributed by atoms with Gasteiger partial charge < -0.3 is 20.3 Å². The molecule has 0 aliphatic heterocycles. The van der Waals surface area contributed by atoms with Crippen molar-refractivity contribution in [1.29, 1.82) is 0 Å². The van der Waals surface area contributed by atoms with Crippen LogP contribution < -0.4 is 20.3 Å². The van der Waals surface area contributed by atoms with E-state index in [9.17, 15) is 13.2 Å². The van der Waals surface area contributed by atoms with E-state index in [1.165, 1.54) is 6.07 Å². The van der Waals surface area contributed by atoms with E-state index < -0.39 is 6.36 Å². The number of hydrogen-bond acceptors (Lipinski definition) is 6. The molecule has 0 amide bonds. The van der Waals surface area contributed by atoms with E-state index in [-0.39, 0.29) is 5.75 Å². The van der Waals surface area contributed by atoms with Crippen LogP contribution in [-0.4, -0.2) is 43.0 Å². The van der Waals surface area contributed by atoms with Crippen LogP contribution in [-0.2, 0) is 6.54 Å². The van der Waals surface area contributed by atoms with Crippen molar-refractivity contribution in [2.45, 2.75) is 51.1 Å². The second-order valence-electron chi connectivity index (χ2n) is 9.41. The number of para-hydroxylation sites is 1. The van der Waals surface area contributed by atoms with Crippen molar-refractivity contribution in [2.75, 3.05) is 30.9 Å². The number of anilines is 2. The fraction of sp³-hybridized carbons (Fsp3) is 0.462. The van der Waals surface area contributed by atoms with E-state index in [1.54, 1.807) is 12.1 Å². The minimum absolute atomic E-state index is 0.177. The Labute approximate surface area is 217 Å². The number of hydrogen-bond donors (Lipinski definition) is 2. The largest absolute Gasteiger partial charge is 0.573 e. The Morgan fingerprint density at radius 1 is 1.06 bits per heavy atom. The molecule has 4 rings (SSSR count). The lowest BCUT2D eigenvalue weighted by molar-refractivity contribution is -0.274. The maximum Gasteiger partial charge on any atom is 0.573 e. The molecule has 1 saturated carbocycles. The van der Waals surface area contributed by atoms with Gasteiger partial charge in [-0.15, -0.1) is 13.2 Å². The summed E-state index contributed by atoms with van der Waals surface area (Å²) in [5, 5.41) is 7.84. The van der Waals surface area contributed by atoms with Crippen LogP contribution in [0, 0.1) is 5.92 Å². The molecule has 1 aromatic heterocycles. The molecule has 1 aliphatic rings. The van der Waals surface area contributed by atoms with E-state index in [2.05, 4.69) is 31.3 Å². The molecule has 2 aromatic carbocycles. The van der Waals surface area contributed by atoms with E-state index in [4.69, 9.17) is 9.97 Å². The smallest absolute Gasteiger partial charge is 0.405 e. The number of benzene rings is 2. The summed E-state index contributed by atoms with van der Waals surface area (Å²) in [6, 6.07) is 13.1. The third kappa shape index (κ3) is 7.22. The van der Waals surface area contributed by atoms with E-state index >= 15 is 0 Å². The van der Waals surface area contributed by atoms with Gasteiger partial charge in [0.25, 0.3) is 0 Å². The molecule has 0 radical (unpaired) electrons. The van der Waals surface area contributed by atoms with Gasteiger partial charge in [0.05, 0.1) is 5.52 Å². The standard InChI is InChI=1S/C26H31BrF3N5O/c1-35(2)24-21-5-3-4-6-22(21)33-25(34-24)32-20-11-7-17(8-12-20)13-14-31-16-18-9-10-19(27)15-23(18)36-26(28,29)30/h3-6,9-10,15,17,20,31H,7-8,11-14,16H2,1-2H3,(H,32,33,34). The molecule has 1 aliphatic carbocycles. The van der Waals surface area contributed by atoms with Crippen molar-refractivity contribution >= 4 is 38.6 Å². The Kier molecular flexibility index (Phi) is 8.56. The Balaban J connectivity index is 1.24. The number of nitrogens with zero attached hydrogens (tertiary/aromatic N) is 3. The molecule has 3 aromatic rings. The van der Waals surface area contributed by atoms with Crippen molar-refractivity contribution in [1.82, 2.24) is 15.3 Å². The first-order valence-electron chi connectivity index (χ1n) is 12.1. The highest BCUT2D eigenvalue weighted by atomic mass is 79.9. The van der Waals surface area contributed by atoms with Crippen LogP contribution >= 0.6 is 15.9 Å². The first-order chi connectivity index (χ1) is 17.2. The summed E-state index contributed by atoms with van der Waals surface area (Å²) >= 11 is 3.20. The Bertz CT molecular complexity index is 1170.